The van der Waals surface area contributed by atoms with E-state index in [0.29, 0.717) is 0 Å². The summed E-state index contributed by atoms with van der Waals surface area (Å²) in [6, 6.07) is 7.95. The summed E-state index contributed by atoms with van der Waals surface area (Å²) in [5, 5.41) is 4.23. The van der Waals surface area contributed by atoms with Gasteiger partial charge in [-0.15, -0.1) is 0 Å². The van der Waals surface area contributed by atoms with E-state index in [1.165, 1.54) is 0 Å². The molecule has 0 fully saturated rings. The quantitative estimate of drug-likeness (QED) is 0.818. The van der Waals surface area contributed by atoms with E-state index in [9.17, 15) is 0 Å². The van der Waals surface area contributed by atoms with E-state index >= 15 is 0 Å². The van der Waals surface area contributed by atoms with Gasteiger partial charge in [0, 0.05) is 10.7 Å². The average Bonchev–Trinajstić information content (AvgIpc) is 2.83. The van der Waals surface area contributed by atoms with Crippen LogP contribution in [0.1, 0.15) is 18.4 Å². The van der Waals surface area contributed by atoms with Crippen LogP contribution in [0.5, 0.6) is 0 Å². The summed E-state index contributed by atoms with van der Waals surface area (Å²) in [7, 11) is 0. The zero-order valence-electron chi connectivity index (χ0n) is 10.1. The van der Waals surface area contributed by atoms with Crippen LogP contribution in [0.2, 0.25) is 0 Å². The Bertz CT molecular complexity index is 501. The van der Waals surface area contributed by atoms with Gasteiger partial charge in [-0.25, -0.2) is 4.98 Å². The molecule has 2 aromatic rings. The molecule has 0 bridgehead atoms. The molecule has 5 heteroatoms. The fourth-order valence-corrected chi connectivity index (χ4v) is 2.83. The van der Waals surface area contributed by atoms with Gasteiger partial charge < -0.3 is 9.73 Å². The maximum absolute atomic E-state index is 5.72. The number of halogens is 1. The van der Waals surface area contributed by atoms with Crippen molar-refractivity contribution in [3.05, 3.63) is 46.5 Å². The molecule has 2 heterocycles. The second-order valence-corrected chi connectivity index (χ2v) is 5.55. The van der Waals surface area contributed by atoms with Crippen molar-refractivity contribution in [3.63, 3.8) is 0 Å². The smallest absolute Gasteiger partial charge is 0.117 e. The van der Waals surface area contributed by atoms with Gasteiger partial charge in [0.2, 0.25) is 0 Å². The van der Waals surface area contributed by atoms with E-state index in [2.05, 4.69) is 33.2 Å². The van der Waals surface area contributed by atoms with Crippen molar-refractivity contribution in [1.29, 1.82) is 0 Å². The van der Waals surface area contributed by atoms with E-state index < -0.39 is 0 Å². The molecular weight excluding hydrogens is 312 g/mol. The largest absolute Gasteiger partial charge is 0.464 e. The summed E-state index contributed by atoms with van der Waals surface area (Å²) >= 11 is 5.15. The topological polar surface area (TPSA) is 38.1 Å². The number of thioether (sulfide) groups is 1. The van der Waals surface area contributed by atoms with Gasteiger partial charge in [0.15, 0.2) is 0 Å². The molecule has 0 unspecified atom stereocenters. The van der Waals surface area contributed by atoms with Crippen LogP contribution in [0.3, 0.4) is 0 Å². The summed E-state index contributed by atoms with van der Waals surface area (Å²) < 4.78 is 6.74. The SMILES string of the molecule is CCNCc1ccc(CSc2ncccc2Br)o1. The van der Waals surface area contributed by atoms with Crippen molar-refractivity contribution >= 4 is 27.7 Å². The summed E-state index contributed by atoms with van der Waals surface area (Å²) in [5.41, 5.74) is 0. The lowest BCUT2D eigenvalue weighted by Crippen LogP contribution is -2.10. The number of hydrogen-bond donors (Lipinski definition) is 1. The van der Waals surface area contributed by atoms with Crippen molar-refractivity contribution in [3.8, 4) is 0 Å². The molecule has 0 saturated heterocycles. The minimum Gasteiger partial charge on any atom is -0.464 e. The van der Waals surface area contributed by atoms with Crippen molar-refractivity contribution in [2.75, 3.05) is 6.54 Å². The first-order chi connectivity index (χ1) is 8.79. The zero-order chi connectivity index (χ0) is 12.8. The lowest BCUT2D eigenvalue weighted by molar-refractivity contribution is 0.463. The van der Waals surface area contributed by atoms with Gasteiger partial charge in [0.1, 0.15) is 16.5 Å². The third-order valence-electron chi connectivity index (χ3n) is 2.34. The van der Waals surface area contributed by atoms with Gasteiger partial charge in [-0.05, 0) is 46.7 Å². The van der Waals surface area contributed by atoms with Gasteiger partial charge in [0.25, 0.3) is 0 Å². The molecule has 0 aliphatic heterocycles. The Morgan fingerprint density at radius 1 is 1.33 bits per heavy atom. The first kappa shape index (κ1) is 13.6. The predicted molar refractivity (Wildman–Crippen MR) is 77.6 cm³/mol. The van der Waals surface area contributed by atoms with E-state index in [4.69, 9.17) is 4.42 Å². The Morgan fingerprint density at radius 2 is 2.17 bits per heavy atom. The molecule has 0 saturated carbocycles. The van der Waals surface area contributed by atoms with E-state index in [1.54, 1.807) is 18.0 Å². The lowest BCUT2D eigenvalue weighted by Gasteiger charge is -2.01. The third-order valence-corrected chi connectivity index (χ3v) is 4.27. The molecule has 0 spiro atoms. The average molecular weight is 327 g/mol. The van der Waals surface area contributed by atoms with Gasteiger partial charge in [0.05, 0.1) is 12.3 Å². The van der Waals surface area contributed by atoms with Crippen LogP contribution in [0, 0.1) is 0 Å². The number of aromatic nitrogens is 1. The highest BCUT2D eigenvalue weighted by Crippen LogP contribution is 2.28. The van der Waals surface area contributed by atoms with Gasteiger partial charge in [-0.3, -0.25) is 0 Å². The Labute approximate surface area is 120 Å². The highest BCUT2D eigenvalue weighted by Gasteiger charge is 2.05. The Hall–Kier alpha value is -0.780. The monoisotopic (exact) mass is 326 g/mol. The number of nitrogens with one attached hydrogen (secondary N) is 1. The van der Waals surface area contributed by atoms with Crippen LogP contribution in [-0.2, 0) is 12.3 Å². The normalized spacial score (nSPS) is 10.8. The minimum absolute atomic E-state index is 0.786. The molecule has 0 amide bonds. The minimum atomic E-state index is 0.786. The van der Waals surface area contributed by atoms with Crippen LogP contribution >= 0.6 is 27.7 Å². The molecule has 96 valence electrons. The summed E-state index contributed by atoms with van der Waals surface area (Å²) in [5.74, 6) is 2.75. The van der Waals surface area contributed by atoms with Crippen molar-refractivity contribution in [2.45, 2.75) is 24.2 Å². The Morgan fingerprint density at radius 3 is 2.94 bits per heavy atom. The molecular formula is C13H15BrN2OS. The molecule has 0 aromatic carbocycles. The maximum atomic E-state index is 5.72. The number of pyridine rings is 1. The molecule has 0 aliphatic rings. The lowest BCUT2D eigenvalue weighted by atomic mass is 10.4. The van der Waals surface area contributed by atoms with Crippen molar-refractivity contribution < 1.29 is 4.42 Å². The molecule has 18 heavy (non-hydrogen) atoms. The Kier molecular flexibility index (Phi) is 5.28. The molecule has 0 aliphatic carbocycles. The van der Waals surface area contributed by atoms with Crippen LogP contribution in [-0.4, -0.2) is 11.5 Å². The number of furan rings is 1. The van der Waals surface area contributed by atoms with Crippen LogP contribution in [0.25, 0.3) is 0 Å². The number of rotatable bonds is 6. The molecule has 3 nitrogen and oxygen atoms in total. The van der Waals surface area contributed by atoms with Crippen molar-refractivity contribution in [1.82, 2.24) is 10.3 Å². The van der Waals surface area contributed by atoms with E-state index in [0.717, 1.165) is 39.9 Å². The fourth-order valence-electron chi connectivity index (χ4n) is 1.46. The molecule has 2 aromatic heterocycles. The van der Waals surface area contributed by atoms with Gasteiger partial charge >= 0.3 is 0 Å². The van der Waals surface area contributed by atoms with Crippen LogP contribution < -0.4 is 5.32 Å². The van der Waals surface area contributed by atoms with Crippen molar-refractivity contribution in [2.24, 2.45) is 0 Å². The molecule has 0 atom stereocenters. The summed E-state index contributed by atoms with van der Waals surface area (Å²) in [4.78, 5) is 4.31. The van der Waals surface area contributed by atoms with Crippen LogP contribution in [0.15, 0.2) is 44.4 Å². The molecule has 2 rings (SSSR count). The zero-order valence-corrected chi connectivity index (χ0v) is 12.6. The highest BCUT2D eigenvalue weighted by molar-refractivity contribution is 9.10. The Balaban J connectivity index is 1.90. The highest BCUT2D eigenvalue weighted by atomic mass is 79.9. The summed E-state index contributed by atoms with van der Waals surface area (Å²) in [6.07, 6.45) is 1.80. The number of nitrogens with zero attached hydrogens (tertiary/aromatic N) is 1. The third kappa shape index (κ3) is 3.86. The predicted octanol–water partition coefficient (Wildman–Crippen LogP) is 3.84. The standard InChI is InChI=1S/C13H15BrN2OS/c1-2-15-8-10-5-6-11(17-10)9-18-13-12(14)4-3-7-16-13/h3-7,15H,2,8-9H2,1H3. The van der Waals surface area contributed by atoms with Gasteiger partial charge in [-0.1, -0.05) is 18.7 Å². The fraction of sp³-hybridized carbons (Fsp3) is 0.308. The second kappa shape index (κ2) is 6.97. The second-order valence-electron chi connectivity index (χ2n) is 3.73. The number of hydrogen-bond acceptors (Lipinski definition) is 4. The van der Waals surface area contributed by atoms with Crippen LogP contribution in [0.4, 0.5) is 0 Å². The summed E-state index contributed by atoms with van der Waals surface area (Å²) in [6.45, 7) is 3.82. The van der Waals surface area contributed by atoms with Gasteiger partial charge in [-0.2, -0.15) is 0 Å². The van der Waals surface area contributed by atoms with E-state index in [1.807, 2.05) is 24.3 Å². The molecule has 1 N–H and O–H groups in total. The molecule has 0 radical (unpaired) electrons. The first-order valence-electron chi connectivity index (χ1n) is 5.81. The van der Waals surface area contributed by atoms with E-state index in [-0.39, 0.29) is 0 Å². The first-order valence-corrected chi connectivity index (χ1v) is 7.59. The maximum Gasteiger partial charge on any atom is 0.117 e.